The second-order valence-electron chi connectivity index (χ2n) is 7.82. The highest BCUT2D eigenvalue weighted by Gasteiger charge is 2.24. The molecule has 2 heterocycles. The van der Waals surface area contributed by atoms with Crippen molar-refractivity contribution in [3.63, 3.8) is 0 Å². The van der Waals surface area contributed by atoms with Crippen LogP contribution >= 0.6 is 15.9 Å². The van der Waals surface area contributed by atoms with Gasteiger partial charge in [-0.25, -0.2) is 17.8 Å². The van der Waals surface area contributed by atoms with E-state index in [1.807, 2.05) is 26.8 Å². The largest absolute Gasteiger partial charge is 0.507 e. The number of aromatic hydroxyl groups is 2. The van der Waals surface area contributed by atoms with Crippen LogP contribution in [0.3, 0.4) is 0 Å². The van der Waals surface area contributed by atoms with Crippen molar-refractivity contribution < 1.29 is 18.6 Å². The Hall–Kier alpha value is -3.02. The molecular weight excluding hydrogens is 546 g/mol. The summed E-state index contributed by atoms with van der Waals surface area (Å²) in [5.74, 6) is 0.446. The lowest BCUT2D eigenvalue weighted by molar-refractivity contribution is 0.417. The standard InChI is InChI=1S/C23H28BrN5O4S.C2H6/c1-15(18-8-5-6-9-20(18)30)12-21(29-17(3)19(24)13-26-29)25-10-7-11-27-34(32,33)22-16(2)14-28(4)23(22)31;1-2/h5-6,8-9,12-14,25,27,30-31H,1,7,10-11H2,2-4H3;1-2H3/b21-12-;. The maximum Gasteiger partial charge on any atom is 0.246 e. The number of aryl methyl sites for hydroxylation is 2. The Kier molecular flexibility index (Phi) is 10.4. The highest BCUT2D eigenvalue weighted by atomic mass is 79.9. The van der Waals surface area contributed by atoms with E-state index >= 15 is 0 Å². The first-order valence-electron chi connectivity index (χ1n) is 11.5. The zero-order chi connectivity index (χ0) is 27.0. The van der Waals surface area contributed by atoms with E-state index in [-0.39, 0.29) is 23.1 Å². The number of allylic oxidation sites excluding steroid dienone is 2. The van der Waals surface area contributed by atoms with Crippen molar-refractivity contribution in [3.05, 3.63) is 70.6 Å². The van der Waals surface area contributed by atoms with Crippen molar-refractivity contribution >= 4 is 37.3 Å². The van der Waals surface area contributed by atoms with E-state index in [0.717, 1.165) is 10.2 Å². The molecule has 3 rings (SSSR count). The summed E-state index contributed by atoms with van der Waals surface area (Å²) in [4.78, 5) is -0.112. The van der Waals surface area contributed by atoms with Gasteiger partial charge in [-0.15, -0.1) is 0 Å². The van der Waals surface area contributed by atoms with Crippen molar-refractivity contribution in [2.24, 2.45) is 7.05 Å². The van der Waals surface area contributed by atoms with E-state index in [1.165, 1.54) is 4.57 Å². The minimum Gasteiger partial charge on any atom is -0.507 e. The number of hydrogen-bond acceptors (Lipinski definition) is 6. The summed E-state index contributed by atoms with van der Waals surface area (Å²) >= 11 is 3.46. The quantitative estimate of drug-likeness (QED) is 0.207. The van der Waals surface area contributed by atoms with Gasteiger partial charge in [0.25, 0.3) is 0 Å². The lowest BCUT2D eigenvalue weighted by Gasteiger charge is -2.15. The van der Waals surface area contributed by atoms with Crippen LogP contribution in [0.5, 0.6) is 11.6 Å². The van der Waals surface area contributed by atoms with Gasteiger partial charge in [-0.2, -0.15) is 5.10 Å². The predicted molar refractivity (Wildman–Crippen MR) is 147 cm³/mol. The van der Waals surface area contributed by atoms with Gasteiger partial charge < -0.3 is 20.1 Å². The smallest absolute Gasteiger partial charge is 0.246 e. The van der Waals surface area contributed by atoms with Crippen molar-refractivity contribution in [1.82, 2.24) is 24.4 Å². The maximum absolute atomic E-state index is 12.6. The van der Waals surface area contributed by atoms with Crippen LogP contribution in [0.25, 0.3) is 11.4 Å². The molecule has 11 heteroatoms. The molecule has 2 aromatic heterocycles. The third-order valence-electron chi connectivity index (χ3n) is 5.24. The van der Waals surface area contributed by atoms with Crippen LogP contribution in [-0.2, 0) is 17.1 Å². The zero-order valence-electron chi connectivity index (χ0n) is 21.2. The summed E-state index contributed by atoms with van der Waals surface area (Å²) in [7, 11) is -2.26. The maximum atomic E-state index is 12.6. The number of aromatic nitrogens is 3. The van der Waals surface area contributed by atoms with Gasteiger partial charge in [-0.1, -0.05) is 38.6 Å². The fraction of sp³-hybridized carbons (Fsp3) is 0.320. The van der Waals surface area contributed by atoms with Gasteiger partial charge in [0.15, 0.2) is 0 Å². The first kappa shape index (κ1) is 29.2. The highest BCUT2D eigenvalue weighted by Crippen LogP contribution is 2.28. The number of para-hydroxylation sites is 1. The molecule has 3 aromatic rings. The number of phenolic OH excluding ortho intramolecular Hbond substituents is 1. The number of halogens is 1. The predicted octanol–water partition coefficient (Wildman–Crippen LogP) is 4.51. The van der Waals surface area contributed by atoms with Gasteiger partial charge in [0.2, 0.25) is 15.9 Å². The number of benzene rings is 1. The number of phenols is 1. The molecule has 0 bridgehead atoms. The summed E-state index contributed by atoms with van der Waals surface area (Å²) in [5.41, 5.74) is 2.51. The second kappa shape index (κ2) is 12.8. The lowest BCUT2D eigenvalue weighted by atomic mass is 10.1. The molecule has 0 atom stereocenters. The van der Waals surface area contributed by atoms with E-state index in [1.54, 1.807) is 55.3 Å². The van der Waals surface area contributed by atoms with Crippen molar-refractivity contribution in [2.45, 2.75) is 39.0 Å². The molecule has 0 saturated carbocycles. The SMILES string of the molecule is C=C(/C=C(/NCCCNS(=O)(=O)c1c(C)cn(C)c1O)n1ncc(Br)c1C)c1ccccc1O.CC. The molecule has 0 saturated heterocycles. The van der Waals surface area contributed by atoms with E-state index in [4.69, 9.17) is 0 Å². The summed E-state index contributed by atoms with van der Waals surface area (Å²) in [5, 5.41) is 27.9. The van der Waals surface area contributed by atoms with Gasteiger partial charge in [0.05, 0.1) is 16.4 Å². The molecule has 1 aromatic carbocycles. The monoisotopic (exact) mass is 579 g/mol. The van der Waals surface area contributed by atoms with E-state index < -0.39 is 10.0 Å². The van der Waals surface area contributed by atoms with Crippen molar-refractivity contribution in [1.29, 1.82) is 0 Å². The number of nitrogens with one attached hydrogen (secondary N) is 2. The first-order chi connectivity index (χ1) is 17.0. The molecule has 0 fully saturated rings. The second-order valence-corrected chi connectivity index (χ2v) is 10.4. The van der Waals surface area contributed by atoms with Gasteiger partial charge in [-0.3, -0.25) is 0 Å². The summed E-state index contributed by atoms with van der Waals surface area (Å²) in [6, 6.07) is 6.92. The summed E-state index contributed by atoms with van der Waals surface area (Å²) < 4.78 is 31.7. The summed E-state index contributed by atoms with van der Waals surface area (Å²) in [6.45, 7) is 12.2. The number of nitrogens with zero attached hydrogens (tertiary/aromatic N) is 3. The van der Waals surface area contributed by atoms with Crippen LogP contribution in [0.15, 0.2) is 58.7 Å². The lowest BCUT2D eigenvalue weighted by Crippen LogP contribution is -2.28. The van der Waals surface area contributed by atoms with Gasteiger partial charge >= 0.3 is 0 Å². The molecule has 36 heavy (non-hydrogen) atoms. The van der Waals surface area contributed by atoms with Crippen LogP contribution in [0.1, 0.15) is 37.1 Å². The Morgan fingerprint density at radius 3 is 2.42 bits per heavy atom. The molecule has 0 aliphatic heterocycles. The average molecular weight is 581 g/mol. The highest BCUT2D eigenvalue weighted by molar-refractivity contribution is 9.10. The Balaban J connectivity index is 0.00000222. The fourth-order valence-corrected chi connectivity index (χ4v) is 5.15. The Labute approximate surface area is 221 Å². The Morgan fingerprint density at radius 1 is 1.19 bits per heavy atom. The van der Waals surface area contributed by atoms with Gasteiger partial charge in [-0.05, 0) is 59.5 Å². The fourth-order valence-electron chi connectivity index (χ4n) is 3.47. The van der Waals surface area contributed by atoms with Crippen LogP contribution in [0, 0.1) is 13.8 Å². The minimum atomic E-state index is -3.85. The first-order valence-corrected chi connectivity index (χ1v) is 13.8. The average Bonchev–Trinajstić information content (AvgIpc) is 3.30. The minimum absolute atomic E-state index is 0.112. The molecule has 0 aliphatic rings. The van der Waals surface area contributed by atoms with Crippen molar-refractivity contribution in [2.75, 3.05) is 13.1 Å². The topological polar surface area (TPSA) is 121 Å². The number of rotatable bonds is 10. The number of hydrogen-bond donors (Lipinski definition) is 4. The van der Waals surface area contributed by atoms with Crippen LogP contribution < -0.4 is 10.0 Å². The zero-order valence-corrected chi connectivity index (χ0v) is 23.6. The molecule has 196 valence electrons. The van der Waals surface area contributed by atoms with Crippen LogP contribution in [-0.4, -0.2) is 46.1 Å². The molecule has 4 N–H and O–H groups in total. The molecule has 0 aliphatic carbocycles. The third-order valence-corrected chi connectivity index (χ3v) is 7.65. The van der Waals surface area contributed by atoms with Gasteiger partial charge in [0.1, 0.15) is 16.5 Å². The molecule has 0 radical (unpaired) electrons. The molecular formula is C25H34BrN5O4S. The summed E-state index contributed by atoms with van der Waals surface area (Å²) in [6.07, 6.45) is 5.48. The van der Waals surface area contributed by atoms with Crippen LogP contribution in [0.4, 0.5) is 0 Å². The van der Waals surface area contributed by atoms with E-state index in [9.17, 15) is 18.6 Å². The van der Waals surface area contributed by atoms with E-state index in [0.29, 0.717) is 35.5 Å². The van der Waals surface area contributed by atoms with Crippen LogP contribution in [0.2, 0.25) is 0 Å². The molecule has 0 spiro atoms. The molecule has 0 amide bonds. The van der Waals surface area contributed by atoms with E-state index in [2.05, 4.69) is 37.6 Å². The normalized spacial score (nSPS) is 11.7. The Morgan fingerprint density at radius 2 is 1.86 bits per heavy atom. The van der Waals surface area contributed by atoms with Gasteiger partial charge in [0, 0.05) is 31.9 Å². The third kappa shape index (κ3) is 6.80. The molecule has 9 nitrogen and oxygen atoms in total. The van der Waals surface area contributed by atoms with Crippen molar-refractivity contribution in [3.8, 4) is 11.6 Å². The Bertz CT molecular complexity index is 1340. The molecule has 0 unspecified atom stereocenters. The number of sulfonamides is 1.